The SMILES string of the molecule is O=C(c1cccc(Cl)c1Cl)N(Cc1ccco1)Cc1cccs1. The maximum atomic E-state index is 12.9. The van der Waals surface area contributed by atoms with Crippen molar-refractivity contribution >= 4 is 40.4 Å². The maximum Gasteiger partial charge on any atom is 0.256 e. The lowest BCUT2D eigenvalue weighted by atomic mass is 10.2. The van der Waals surface area contributed by atoms with Gasteiger partial charge in [-0.15, -0.1) is 11.3 Å². The van der Waals surface area contributed by atoms with Crippen LogP contribution in [0.5, 0.6) is 0 Å². The molecule has 0 radical (unpaired) electrons. The number of hydrogen-bond donors (Lipinski definition) is 0. The number of nitrogens with zero attached hydrogens (tertiary/aromatic N) is 1. The summed E-state index contributed by atoms with van der Waals surface area (Å²) in [6, 6.07) is 12.7. The zero-order chi connectivity index (χ0) is 16.2. The molecule has 0 fully saturated rings. The van der Waals surface area contributed by atoms with E-state index in [-0.39, 0.29) is 10.9 Å². The highest BCUT2D eigenvalue weighted by atomic mass is 35.5. The molecule has 3 rings (SSSR count). The summed E-state index contributed by atoms with van der Waals surface area (Å²) in [5.41, 5.74) is 0.391. The number of carbonyl (C=O) groups is 1. The van der Waals surface area contributed by atoms with Crippen molar-refractivity contribution in [2.24, 2.45) is 0 Å². The third kappa shape index (κ3) is 3.78. The summed E-state index contributed by atoms with van der Waals surface area (Å²) in [6.45, 7) is 0.854. The minimum atomic E-state index is -0.178. The van der Waals surface area contributed by atoms with Crippen LogP contribution in [0.4, 0.5) is 0 Å². The smallest absolute Gasteiger partial charge is 0.256 e. The van der Waals surface area contributed by atoms with Crippen molar-refractivity contribution in [3.8, 4) is 0 Å². The molecule has 118 valence electrons. The highest BCUT2D eigenvalue weighted by Crippen LogP contribution is 2.27. The van der Waals surface area contributed by atoms with Crippen molar-refractivity contribution in [3.05, 3.63) is 80.4 Å². The van der Waals surface area contributed by atoms with Gasteiger partial charge in [0.2, 0.25) is 0 Å². The van der Waals surface area contributed by atoms with Crippen LogP contribution in [0.2, 0.25) is 10.0 Å². The first-order chi connectivity index (χ1) is 11.1. The summed E-state index contributed by atoms with van der Waals surface area (Å²) in [5, 5.41) is 2.62. The Morgan fingerprint density at radius 1 is 1.09 bits per heavy atom. The molecule has 0 aliphatic heterocycles. The Labute approximate surface area is 148 Å². The number of hydrogen-bond acceptors (Lipinski definition) is 3. The van der Waals surface area contributed by atoms with Gasteiger partial charge in [-0.3, -0.25) is 4.79 Å². The van der Waals surface area contributed by atoms with Crippen LogP contribution in [0.3, 0.4) is 0 Å². The summed E-state index contributed by atoms with van der Waals surface area (Å²) in [6.07, 6.45) is 1.59. The second kappa shape index (κ2) is 7.21. The molecule has 0 saturated carbocycles. The summed E-state index contributed by atoms with van der Waals surface area (Å²) < 4.78 is 5.37. The first-order valence-corrected chi connectivity index (χ1v) is 8.57. The van der Waals surface area contributed by atoms with Crippen LogP contribution >= 0.6 is 34.5 Å². The Morgan fingerprint density at radius 2 is 1.96 bits per heavy atom. The van der Waals surface area contributed by atoms with Gasteiger partial charge >= 0.3 is 0 Å². The van der Waals surface area contributed by atoms with Gasteiger partial charge in [-0.2, -0.15) is 0 Å². The number of amides is 1. The predicted octanol–water partition coefficient (Wildman–Crippen LogP) is 5.49. The molecule has 0 aliphatic rings. The third-order valence-electron chi connectivity index (χ3n) is 3.32. The maximum absolute atomic E-state index is 12.9. The average molecular weight is 366 g/mol. The van der Waals surface area contributed by atoms with E-state index in [4.69, 9.17) is 27.6 Å². The van der Waals surface area contributed by atoms with E-state index >= 15 is 0 Å². The van der Waals surface area contributed by atoms with Crippen LogP contribution in [0.1, 0.15) is 21.0 Å². The van der Waals surface area contributed by atoms with Gasteiger partial charge in [-0.05, 0) is 35.7 Å². The number of furan rings is 1. The molecule has 0 spiro atoms. The molecule has 0 bridgehead atoms. The minimum absolute atomic E-state index is 0.178. The van der Waals surface area contributed by atoms with Crippen LogP contribution in [-0.2, 0) is 13.1 Å². The molecule has 0 aliphatic carbocycles. The Balaban J connectivity index is 1.90. The molecule has 0 saturated heterocycles. The van der Waals surface area contributed by atoms with E-state index < -0.39 is 0 Å². The lowest BCUT2D eigenvalue weighted by Crippen LogP contribution is -2.30. The zero-order valence-electron chi connectivity index (χ0n) is 12.0. The van der Waals surface area contributed by atoms with Crippen LogP contribution < -0.4 is 0 Å². The van der Waals surface area contributed by atoms with E-state index in [0.717, 1.165) is 4.88 Å². The molecule has 1 aromatic carbocycles. The molecule has 23 heavy (non-hydrogen) atoms. The number of rotatable bonds is 5. The van der Waals surface area contributed by atoms with Crippen LogP contribution in [-0.4, -0.2) is 10.8 Å². The van der Waals surface area contributed by atoms with Gasteiger partial charge in [-0.25, -0.2) is 0 Å². The highest BCUT2D eigenvalue weighted by molar-refractivity contribution is 7.09. The predicted molar refractivity (Wildman–Crippen MR) is 93.1 cm³/mol. The lowest BCUT2D eigenvalue weighted by molar-refractivity contribution is 0.0719. The topological polar surface area (TPSA) is 33.5 Å². The Bertz CT molecular complexity index is 749. The summed E-state index contributed by atoms with van der Waals surface area (Å²) in [7, 11) is 0. The van der Waals surface area contributed by atoms with Gasteiger partial charge in [-0.1, -0.05) is 35.3 Å². The molecule has 0 N–H and O–H groups in total. The molecule has 0 unspecified atom stereocenters. The van der Waals surface area contributed by atoms with Crippen LogP contribution in [0, 0.1) is 0 Å². The van der Waals surface area contributed by atoms with E-state index in [2.05, 4.69) is 0 Å². The van der Waals surface area contributed by atoms with Gasteiger partial charge in [0.25, 0.3) is 5.91 Å². The molecule has 2 aromatic heterocycles. The molecule has 2 heterocycles. The summed E-state index contributed by atoms with van der Waals surface area (Å²) >= 11 is 13.8. The minimum Gasteiger partial charge on any atom is -0.467 e. The fourth-order valence-electron chi connectivity index (χ4n) is 2.22. The van der Waals surface area contributed by atoms with Gasteiger partial charge < -0.3 is 9.32 Å². The Kier molecular flexibility index (Phi) is 5.06. The third-order valence-corrected chi connectivity index (χ3v) is 5.00. The zero-order valence-corrected chi connectivity index (χ0v) is 14.4. The molecular formula is C17H13Cl2NO2S. The summed E-state index contributed by atoms with van der Waals surface area (Å²) in [5.74, 6) is 0.537. The Morgan fingerprint density at radius 3 is 2.65 bits per heavy atom. The van der Waals surface area contributed by atoms with Crippen molar-refractivity contribution in [2.45, 2.75) is 13.1 Å². The van der Waals surface area contributed by atoms with Gasteiger partial charge in [0, 0.05) is 4.88 Å². The Hall–Kier alpha value is -1.75. The normalized spacial score (nSPS) is 10.7. The number of halogens is 2. The van der Waals surface area contributed by atoms with Crippen molar-refractivity contribution in [1.29, 1.82) is 0 Å². The molecule has 1 amide bonds. The largest absolute Gasteiger partial charge is 0.467 e. The van der Waals surface area contributed by atoms with E-state index in [1.807, 2.05) is 23.6 Å². The van der Waals surface area contributed by atoms with Crippen molar-refractivity contribution in [2.75, 3.05) is 0 Å². The highest BCUT2D eigenvalue weighted by Gasteiger charge is 2.21. The van der Waals surface area contributed by atoms with Gasteiger partial charge in [0.1, 0.15) is 5.76 Å². The quantitative estimate of drug-likeness (QED) is 0.598. The van der Waals surface area contributed by atoms with Crippen LogP contribution in [0.25, 0.3) is 0 Å². The van der Waals surface area contributed by atoms with E-state index in [9.17, 15) is 4.79 Å². The number of thiophene rings is 1. The fourth-order valence-corrected chi connectivity index (χ4v) is 3.32. The first kappa shape index (κ1) is 16.1. The average Bonchev–Trinajstić information content (AvgIpc) is 3.22. The molecule has 3 aromatic rings. The molecule has 6 heteroatoms. The van der Waals surface area contributed by atoms with Crippen molar-refractivity contribution in [1.82, 2.24) is 4.90 Å². The second-order valence-corrected chi connectivity index (χ2v) is 6.74. The van der Waals surface area contributed by atoms with Gasteiger partial charge in [0.05, 0.1) is 35.0 Å². The van der Waals surface area contributed by atoms with Gasteiger partial charge in [0.15, 0.2) is 0 Å². The number of benzene rings is 1. The van der Waals surface area contributed by atoms with E-state index in [1.54, 1.807) is 46.8 Å². The van der Waals surface area contributed by atoms with Crippen molar-refractivity contribution < 1.29 is 9.21 Å². The van der Waals surface area contributed by atoms with Crippen molar-refractivity contribution in [3.63, 3.8) is 0 Å². The standard InChI is InChI=1S/C17H13Cl2NO2S/c18-15-7-1-6-14(16(15)19)17(21)20(10-12-4-2-8-22-12)11-13-5-3-9-23-13/h1-9H,10-11H2. The van der Waals surface area contributed by atoms with E-state index in [0.29, 0.717) is 29.4 Å². The van der Waals surface area contributed by atoms with E-state index in [1.165, 1.54) is 0 Å². The lowest BCUT2D eigenvalue weighted by Gasteiger charge is -2.22. The molecule has 3 nitrogen and oxygen atoms in total. The second-order valence-electron chi connectivity index (χ2n) is 4.92. The molecular weight excluding hydrogens is 353 g/mol. The fraction of sp³-hybridized carbons (Fsp3) is 0.118. The monoisotopic (exact) mass is 365 g/mol. The molecule has 0 atom stereocenters. The number of carbonyl (C=O) groups excluding carboxylic acids is 1. The van der Waals surface area contributed by atoms with Crippen LogP contribution in [0.15, 0.2) is 58.5 Å². The first-order valence-electron chi connectivity index (χ1n) is 6.93. The summed E-state index contributed by atoms with van der Waals surface area (Å²) in [4.78, 5) is 15.7.